The van der Waals surface area contributed by atoms with E-state index in [1.807, 2.05) is 0 Å². The van der Waals surface area contributed by atoms with E-state index < -0.39 is 0 Å². The standard InChI is InChI=1S/C15H19NO3/c1-3-19-15(18)14-13-10-6-4-9(5-7-10)12(13)11(8-17)16(14)2/h8-10H,3-7H2,1-2H3. The Bertz CT molecular complexity index is 536. The molecule has 0 saturated heterocycles. The van der Waals surface area contributed by atoms with Gasteiger partial charge in [0.2, 0.25) is 0 Å². The second-order valence-corrected chi connectivity index (χ2v) is 5.51. The van der Waals surface area contributed by atoms with E-state index in [9.17, 15) is 9.59 Å². The predicted molar refractivity (Wildman–Crippen MR) is 70.7 cm³/mol. The van der Waals surface area contributed by atoms with Crippen LogP contribution in [-0.4, -0.2) is 23.4 Å². The smallest absolute Gasteiger partial charge is 0.355 e. The number of ether oxygens (including phenoxy) is 1. The molecule has 1 aromatic rings. The van der Waals surface area contributed by atoms with Crippen molar-refractivity contribution in [2.75, 3.05) is 6.61 Å². The van der Waals surface area contributed by atoms with Gasteiger partial charge in [-0.25, -0.2) is 4.79 Å². The largest absolute Gasteiger partial charge is 0.461 e. The number of carbonyl (C=O) groups excluding carboxylic acids is 2. The van der Waals surface area contributed by atoms with Gasteiger partial charge in [-0.1, -0.05) is 0 Å². The fourth-order valence-electron chi connectivity index (χ4n) is 3.85. The molecule has 1 heterocycles. The van der Waals surface area contributed by atoms with Crippen molar-refractivity contribution in [3.05, 3.63) is 22.5 Å². The Morgan fingerprint density at radius 3 is 2.37 bits per heavy atom. The Hall–Kier alpha value is -1.58. The van der Waals surface area contributed by atoms with Gasteiger partial charge in [0.25, 0.3) is 0 Å². The van der Waals surface area contributed by atoms with Crippen LogP contribution < -0.4 is 0 Å². The third-order valence-corrected chi connectivity index (χ3v) is 4.64. The third-order valence-electron chi connectivity index (χ3n) is 4.64. The van der Waals surface area contributed by atoms with Gasteiger partial charge in [-0.3, -0.25) is 4.79 Å². The zero-order valence-electron chi connectivity index (χ0n) is 11.4. The molecule has 0 radical (unpaired) electrons. The number of hydrogen-bond acceptors (Lipinski definition) is 3. The number of fused-ring (bicyclic) bond motifs is 2. The maximum Gasteiger partial charge on any atom is 0.355 e. The van der Waals surface area contributed by atoms with Crippen LogP contribution in [0.1, 0.15) is 76.5 Å². The first-order valence-electron chi connectivity index (χ1n) is 7.03. The van der Waals surface area contributed by atoms with Crippen molar-refractivity contribution in [1.29, 1.82) is 0 Å². The molecule has 1 fully saturated rings. The first kappa shape index (κ1) is 12.5. The van der Waals surface area contributed by atoms with Gasteiger partial charge in [0, 0.05) is 7.05 Å². The number of aromatic nitrogens is 1. The van der Waals surface area contributed by atoms with Gasteiger partial charge in [0.05, 0.1) is 12.3 Å². The van der Waals surface area contributed by atoms with Crippen molar-refractivity contribution in [3.8, 4) is 0 Å². The molecule has 0 aliphatic heterocycles. The summed E-state index contributed by atoms with van der Waals surface area (Å²) in [4.78, 5) is 23.6. The van der Waals surface area contributed by atoms with Crippen LogP contribution in [0.15, 0.2) is 0 Å². The number of esters is 1. The SMILES string of the molecule is CCOC(=O)c1c2c(c(C=O)n1C)C1CCC2CC1. The van der Waals surface area contributed by atoms with Gasteiger partial charge in [0.1, 0.15) is 5.69 Å². The molecule has 0 amide bonds. The summed E-state index contributed by atoms with van der Waals surface area (Å²) in [5, 5.41) is 0. The number of hydrogen-bond donors (Lipinski definition) is 0. The highest BCUT2D eigenvalue weighted by Crippen LogP contribution is 2.52. The molecule has 102 valence electrons. The van der Waals surface area contributed by atoms with Crippen LogP contribution >= 0.6 is 0 Å². The molecule has 4 nitrogen and oxygen atoms in total. The molecular weight excluding hydrogens is 242 g/mol. The second-order valence-electron chi connectivity index (χ2n) is 5.51. The summed E-state index contributed by atoms with van der Waals surface area (Å²) in [5.74, 6) is 0.593. The van der Waals surface area contributed by atoms with Crippen molar-refractivity contribution < 1.29 is 14.3 Å². The minimum atomic E-state index is -0.290. The van der Waals surface area contributed by atoms with E-state index in [0.717, 1.165) is 43.1 Å². The van der Waals surface area contributed by atoms with Crippen LogP contribution in [-0.2, 0) is 11.8 Å². The molecule has 0 unspecified atom stereocenters. The molecule has 2 bridgehead atoms. The highest BCUT2D eigenvalue weighted by molar-refractivity contribution is 5.93. The third kappa shape index (κ3) is 1.66. The van der Waals surface area contributed by atoms with Crippen molar-refractivity contribution in [2.45, 2.75) is 44.4 Å². The van der Waals surface area contributed by atoms with E-state index in [1.165, 1.54) is 0 Å². The van der Waals surface area contributed by atoms with Crippen LogP contribution in [0, 0.1) is 0 Å². The maximum atomic E-state index is 12.2. The van der Waals surface area contributed by atoms with Gasteiger partial charge in [0.15, 0.2) is 6.29 Å². The summed E-state index contributed by atoms with van der Waals surface area (Å²) in [6.07, 6.45) is 5.44. The molecule has 3 aliphatic rings. The summed E-state index contributed by atoms with van der Waals surface area (Å²) in [6, 6.07) is 0. The lowest BCUT2D eigenvalue weighted by molar-refractivity contribution is 0.0512. The van der Waals surface area contributed by atoms with Crippen molar-refractivity contribution in [3.63, 3.8) is 0 Å². The molecule has 4 rings (SSSR count). The Morgan fingerprint density at radius 1 is 1.26 bits per heavy atom. The Balaban J connectivity index is 2.20. The molecule has 0 aromatic carbocycles. The first-order chi connectivity index (χ1) is 9.19. The van der Waals surface area contributed by atoms with Crippen LogP contribution in [0.5, 0.6) is 0 Å². The van der Waals surface area contributed by atoms with Gasteiger partial charge in [-0.2, -0.15) is 0 Å². The lowest BCUT2D eigenvalue weighted by Crippen LogP contribution is -2.23. The zero-order chi connectivity index (χ0) is 13.6. The summed E-state index contributed by atoms with van der Waals surface area (Å²) in [6.45, 7) is 2.17. The van der Waals surface area contributed by atoms with E-state index in [1.54, 1.807) is 18.5 Å². The molecule has 0 N–H and O–H groups in total. The number of carbonyl (C=O) groups is 2. The average molecular weight is 261 g/mol. The molecule has 19 heavy (non-hydrogen) atoms. The molecule has 0 spiro atoms. The fraction of sp³-hybridized carbons (Fsp3) is 0.600. The van der Waals surface area contributed by atoms with Crippen molar-refractivity contribution in [1.82, 2.24) is 4.57 Å². The van der Waals surface area contributed by atoms with Crippen molar-refractivity contribution in [2.24, 2.45) is 7.05 Å². The molecule has 1 saturated carbocycles. The Kier molecular flexibility index (Phi) is 2.96. The lowest BCUT2D eigenvalue weighted by atomic mass is 9.67. The monoisotopic (exact) mass is 261 g/mol. The maximum absolute atomic E-state index is 12.2. The Labute approximate surface area is 112 Å². The van der Waals surface area contributed by atoms with E-state index in [2.05, 4.69) is 0 Å². The van der Waals surface area contributed by atoms with Crippen LogP contribution in [0.3, 0.4) is 0 Å². The van der Waals surface area contributed by atoms with Gasteiger partial charge in [-0.15, -0.1) is 0 Å². The minimum Gasteiger partial charge on any atom is -0.461 e. The van der Waals surface area contributed by atoms with Gasteiger partial charge < -0.3 is 9.30 Å². The predicted octanol–water partition coefficient (Wildman–Crippen LogP) is 2.77. The normalized spacial score (nSPS) is 24.1. The fourth-order valence-corrected chi connectivity index (χ4v) is 3.85. The van der Waals surface area contributed by atoms with E-state index in [4.69, 9.17) is 4.74 Å². The Morgan fingerprint density at radius 2 is 1.84 bits per heavy atom. The molecular formula is C15H19NO3. The summed E-state index contributed by atoms with van der Waals surface area (Å²) >= 11 is 0. The summed E-state index contributed by atoms with van der Waals surface area (Å²) < 4.78 is 6.91. The number of rotatable bonds is 3. The van der Waals surface area contributed by atoms with E-state index in [0.29, 0.717) is 29.8 Å². The van der Waals surface area contributed by atoms with E-state index >= 15 is 0 Å². The number of aldehydes is 1. The van der Waals surface area contributed by atoms with Gasteiger partial charge in [-0.05, 0) is 55.6 Å². The highest BCUT2D eigenvalue weighted by atomic mass is 16.5. The minimum absolute atomic E-state index is 0.290. The molecule has 4 heteroatoms. The highest BCUT2D eigenvalue weighted by Gasteiger charge is 2.40. The molecule has 3 aliphatic carbocycles. The zero-order valence-corrected chi connectivity index (χ0v) is 11.4. The quantitative estimate of drug-likeness (QED) is 0.621. The first-order valence-corrected chi connectivity index (χ1v) is 7.03. The topological polar surface area (TPSA) is 48.3 Å². The van der Waals surface area contributed by atoms with Crippen LogP contribution in [0.2, 0.25) is 0 Å². The summed E-state index contributed by atoms with van der Waals surface area (Å²) in [5.41, 5.74) is 3.51. The number of nitrogens with zero attached hydrogens (tertiary/aromatic N) is 1. The molecule has 0 atom stereocenters. The summed E-state index contributed by atoms with van der Waals surface area (Å²) in [7, 11) is 1.80. The second kappa shape index (κ2) is 4.51. The average Bonchev–Trinajstić information content (AvgIpc) is 2.74. The van der Waals surface area contributed by atoms with Crippen molar-refractivity contribution >= 4 is 12.3 Å². The lowest BCUT2D eigenvalue weighted by Gasteiger charge is -2.36. The molecule has 1 aromatic heterocycles. The van der Waals surface area contributed by atoms with E-state index in [-0.39, 0.29) is 5.97 Å². The van der Waals surface area contributed by atoms with Crippen LogP contribution in [0.4, 0.5) is 0 Å². The van der Waals surface area contributed by atoms with Gasteiger partial charge >= 0.3 is 5.97 Å². The van der Waals surface area contributed by atoms with Crippen LogP contribution in [0.25, 0.3) is 0 Å².